The normalized spacial score (nSPS) is 19.0. The molecular formula is C17H25BrN4O2. The molecule has 1 unspecified atom stereocenters. The largest absolute Gasteiger partial charge is 0.368 e. The van der Waals surface area contributed by atoms with Gasteiger partial charge in [-0.3, -0.25) is 14.5 Å². The van der Waals surface area contributed by atoms with Crippen LogP contribution in [0.2, 0.25) is 0 Å². The monoisotopic (exact) mass is 396 g/mol. The Labute approximate surface area is 151 Å². The third kappa shape index (κ3) is 3.63. The maximum absolute atomic E-state index is 12.9. The van der Waals surface area contributed by atoms with Crippen LogP contribution in [0.5, 0.6) is 0 Å². The number of carbonyl (C=O) groups excluding carboxylic acids is 2. The molecule has 0 bridgehead atoms. The van der Waals surface area contributed by atoms with Crippen LogP contribution < -0.4 is 11.5 Å². The molecule has 0 spiro atoms. The molecule has 0 aromatic heterocycles. The minimum Gasteiger partial charge on any atom is -0.368 e. The van der Waals surface area contributed by atoms with Gasteiger partial charge in [-0.15, -0.1) is 0 Å². The summed E-state index contributed by atoms with van der Waals surface area (Å²) in [6.07, 6.45) is 0. The number of piperazine rings is 1. The predicted octanol–water partition coefficient (Wildman–Crippen LogP) is 1.03. The zero-order chi connectivity index (χ0) is 18.1. The molecule has 1 aliphatic heterocycles. The average molecular weight is 397 g/mol. The highest BCUT2D eigenvalue weighted by molar-refractivity contribution is 9.10. The van der Waals surface area contributed by atoms with E-state index < -0.39 is 11.1 Å². The van der Waals surface area contributed by atoms with Gasteiger partial charge in [0, 0.05) is 30.7 Å². The lowest BCUT2D eigenvalue weighted by atomic mass is 9.91. The van der Waals surface area contributed by atoms with Crippen LogP contribution in [0.25, 0.3) is 0 Å². The summed E-state index contributed by atoms with van der Waals surface area (Å²) in [7, 11) is 0. The van der Waals surface area contributed by atoms with Crippen LogP contribution in [0.3, 0.4) is 0 Å². The lowest BCUT2D eigenvalue weighted by Crippen LogP contribution is -2.62. The van der Waals surface area contributed by atoms with Crippen LogP contribution in [0.1, 0.15) is 26.3 Å². The number of halogens is 1. The highest BCUT2D eigenvalue weighted by Gasteiger charge is 2.39. The lowest BCUT2D eigenvalue weighted by molar-refractivity contribution is -0.140. The van der Waals surface area contributed by atoms with Gasteiger partial charge in [0.05, 0.1) is 5.54 Å². The zero-order valence-corrected chi connectivity index (χ0v) is 16.0. The van der Waals surface area contributed by atoms with Crippen molar-refractivity contribution in [3.05, 3.63) is 34.3 Å². The number of rotatable bonds is 4. The number of nitrogens with two attached hydrogens (primary N) is 2. The molecule has 1 saturated heterocycles. The van der Waals surface area contributed by atoms with Crippen molar-refractivity contribution in [2.75, 3.05) is 26.2 Å². The van der Waals surface area contributed by atoms with E-state index in [0.29, 0.717) is 26.2 Å². The van der Waals surface area contributed by atoms with E-state index in [1.54, 1.807) is 11.8 Å². The maximum atomic E-state index is 12.9. The number of amides is 2. The molecule has 1 atom stereocenters. The van der Waals surface area contributed by atoms with Gasteiger partial charge < -0.3 is 16.4 Å². The van der Waals surface area contributed by atoms with E-state index in [0.717, 1.165) is 10.0 Å². The van der Waals surface area contributed by atoms with E-state index >= 15 is 0 Å². The molecule has 2 amide bonds. The van der Waals surface area contributed by atoms with E-state index in [2.05, 4.69) is 15.9 Å². The molecule has 2 rings (SSSR count). The van der Waals surface area contributed by atoms with Gasteiger partial charge in [-0.2, -0.15) is 0 Å². The Hall–Kier alpha value is -1.44. The van der Waals surface area contributed by atoms with Gasteiger partial charge in [0.15, 0.2) is 0 Å². The second-order valence-electron chi connectivity index (χ2n) is 6.91. The van der Waals surface area contributed by atoms with E-state index in [1.807, 2.05) is 43.0 Å². The smallest absolute Gasteiger partial charge is 0.247 e. The topological polar surface area (TPSA) is 92.7 Å². The summed E-state index contributed by atoms with van der Waals surface area (Å²) in [6.45, 7) is 7.59. The molecule has 7 heteroatoms. The molecule has 1 aromatic rings. The standard InChI is InChI=1S/C17H25BrN4O2/c1-16(2,14(19)23)22-10-8-21(9-11-22)15(24)17(3,20)12-4-6-13(18)7-5-12/h4-7H,8-11,20H2,1-3H3,(H2,19,23). The van der Waals surface area contributed by atoms with Gasteiger partial charge in [0.25, 0.3) is 0 Å². The van der Waals surface area contributed by atoms with E-state index in [-0.39, 0.29) is 11.8 Å². The highest BCUT2D eigenvalue weighted by Crippen LogP contribution is 2.24. The first-order valence-electron chi connectivity index (χ1n) is 7.96. The zero-order valence-electron chi connectivity index (χ0n) is 14.4. The second-order valence-corrected chi connectivity index (χ2v) is 7.83. The Morgan fingerprint density at radius 3 is 2.00 bits per heavy atom. The van der Waals surface area contributed by atoms with Gasteiger partial charge in [0.1, 0.15) is 5.54 Å². The van der Waals surface area contributed by atoms with Gasteiger partial charge in [0.2, 0.25) is 11.8 Å². The Bertz CT molecular complexity index is 620. The molecular weight excluding hydrogens is 372 g/mol. The van der Waals surface area contributed by atoms with Crippen molar-refractivity contribution in [3.8, 4) is 0 Å². The van der Waals surface area contributed by atoms with Gasteiger partial charge in [-0.1, -0.05) is 28.1 Å². The molecule has 1 heterocycles. The third-order valence-corrected chi connectivity index (χ3v) is 5.38. The maximum Gasteiger partial charge on any atom is 0.247 e. The summed E-state index contributed by atoms with van der Waals surface area (Å²) in [5.41, 5.74) is 10.8. The summed E-state index contributed by atoms with van der Waals surface area (Å²) in [4.78, 5) is 28.2. The Morgan fingerprint density at radius 2 is 1.54 bits per heavy atom. The number of carbonyl (C=O) groups is 2. The Morgan fingerprint density at radius 1 is 1.04 bits per heavy atom. The van der Waals surface area contributed by atoms with Crippen LogP contribution >= 0.6 is 15.9 Å². The van der Waals surface area contributed by atoms with Crippen LogP contribution in [0, 0.1) is 0 Å². The van der Waals surface area contributed by atoms with Crippen LogP contribution in [0.4, 0.5) is 0 Å². The van der Waals surface area contributed by atoms with Gasteiger partial charge in [-0.25, -0.2) is 0 Å². The van der Waals surface area contributed by atoms with E-state index in [4.69, 9.17) is 11.5 Å². The first kappa shape index (κ1) is 18.9. The summed E-state index contributed by atoms with van der Waals surface area (Å²) >= 11 is 3.38. The molecule has 6 nitrogen and oxygen atoms in total. The molecule has 0 aliphatic carbocycles. The molecule has 132 valence electrons. The van der Waals surface area contributed by atoms with E-state index in [1.165, 1.54) is 0 Å². The molecule has 1 aliphatic rings. The van der Waals surface area contributed by atoms with Crippen molar-refractivity contribution >= 4 is 27.7 Å². The fraction of sp³-hybridized carbons (Fsp3) is 0.529. The minimum atomic E-state index is -1.08. The fourth-order valence-corrected chi connectivity index (χ4v) is 3.14. The summed E-state index contributed by atoms with van der Waals surface area (Å²) < 4.78 is 0.941. The molecule has 0 radical (unpaired) electrons. The van der Waals surface area contributed by atoms with Crippen LogP contribution in [0.15, 0.2) is 28.7 Å². The number of primary amides is 1. The third-order valence-electron chi connectivity index (χ3n) is 4.85. The van der Waals surface area contributed by atoms with Crippen molar-refractivity contribution in [1.82, 2.24) is 9.80 Å². The number of hydrogen-bond donors (Lipinski definition) is 2. The van der Waals surface area contributed by atoms with E-state index in [9.17, 15) is 9.59 Å². The van der Waals surface area contributed by atoms with Crippen LogP contribution in [-0.2, 0) is 15.1 Å². The molecule has 1 fully saturated rings. The molecule has 4 N–H and O–H groups in total. The van der Waals surface area contributed by atoms with Gasteiger partial charge >= 0.3 is 0 Å². The number of benzene rings is 1. The Kier molecular flexibility index (Phi) is 5.37. The van der Waals surface area contributed by atoms with Crippen LogP contribution in [-0.4, -0.2) is 53.3 Å². The molecule has 24 heavy (non-hydrogen) atoms. The SMILES string of the molecule is CC(N)(C(=O)N1CCN(C(C)(C)C(N)=O)CC1)c1ccc(Br)cc1. The number of nitrogens with zero attached hydrogens (tertiary/aromatic N) is 2. The first-order valence-corrected chi connectivity index (χ1v) is 8.75. The van der Waals surface area contributed by atoms with Crippen molar-refractivity contribution < 1.29 is 9.59 Å². The quantitative estimate of drug-likeness (QED) is 0.794. The Balaban J connectivity index is 2.07. The van der Waals surface area contributed by atoms with Crippen molar-refractivity contribution in [2.45, 2.75) is 31.8 Å². The second kappa shape index (κ2) is 6.82. The fourth-order valence-electron chi connectivity index (χ4n) is 2.87. The summed E-state index contributed by atoms with van der Waals surface area (Å²) in [6, 6.07) is 7.46. The van der Waals surface area contributed by atoms with Crippen molar-refractivity contribution in [2.24, 2.45) is 11.5 Å². The van der Waals surface area contributed by atoms with Crippen molar-refractivity contribution in [1.29, 1.82) is 0 Å². The summed E-state index contributed by atoms with van der Waals surface area (Å²) in [5.74, 6) is -0.470. The van der Waals surface area contributed by atoms with Crippen molar-refractivity contribution in [3.63, 3.8) is 0 Å². The molecule has 1 aromatic carbocycles. The average Bonchev–Trinajstić information content (AvgIpc) is 2.54. The number of hydrogen-bond acceptors (Lipinski definition) is 4. The lowest BCUT2D eigenvalue weighted by Gasteiger charge is -2.43. The predicted molar refractivity (Wildman–Crippen MR) is 97.1 cm³/mol. The highest BCUT2D eigenvalue weighted by atomic mass is 79.9. The first-order chi connectivity index (χ1) is 11.1. The molecule has 0 saturated carbocycles. The van der Waals surface area contributed by atoms with Gasteiger partial charge in [-0.05, 0) is 38.5 Å². The summed E-state index contributed by atoms with van der Waals surface area (Å²) in [5, 5.41) is 0. The minimum absolute atomic E-state index is 0.110.